The molecule has 2 saturated heterocycles. The molecule has 0 aliphatic carbocycles. The molecule has 2 aliphatic rings. The fraction of sp³-hybridized carbons (Fsp3) is 0.500. The topological polar surface area (TPSA) is 42.9 Å². The number of likely N-dealkylation sites (tertiary alicyclic amines) is 1. The molecule has 2 aromatic carbocycles. The van der Waals surface area contributed by atoms with E-state index in [1.165, 1.54) is 74.2 Å². The predicted molar refractivity (Wildman–Crippen MR) is 146 cm³/mol. The van der Waals surface area contributed by atoms with E-state index in [1.807, 2.05) is 7.05 Å². The lowest BCUT2D eigenvalue weighted by Crippen LogP contribution is -2.38. The van der Waals surface area contributed by atoms with Crippen molar-refractivity contribution in [2.45, 2.75) is 51.7 Å². The molecule has 4 rings (SSSR count). The Labute approximate surface area is 210 Å². The highest BCUT2D eigenvalue weighted by Crippen LogP contribution is 2.24. The average molecular weight is 548 g/mol. The van der Waals surface area contributed by atoms with Crippen molar-refractivity contribution in [3.05, 3.63) is 65.2 Å². The molecule has 0 radical (unpaired) electrons. The van der Waals surface area contributed by atoms with Gasteiger partial charge in [-0.05, 0) is 74.5 Å². The lowest BCUT2D eigenvalue weighted by Gasteiger charge is -2.22. The first kappa shape index (κ1) is 24.8. The third-order valence-electron chi connectivity index (χ3n) is 6.51. The van der Waals surface area contributed by atoms with Gasteiger partial charge in [0.05, 0.1) is 6.04 Å². The number of guanidine groups is 1. The highest BCUT2D eigenvalue weighted by Gasteiger charge is 2.15. The Balaban J connectivity index is 0.00000289. The quantitative estimate of drug-likeness (QED) is 0.293. The molecule has 1 unspecified atom stereocenters. The number of anilines is 1. The summed E-state index contributed by atoms with van der Waals surface area (Å²) in [5.41, 5.74) is 5.30. The van der Waals surface area contributed by atoms with E-state index < -0.39 is 0 Å². The third kappa shape index (κ3) is 6.85. The van der Waals surface area contributed by atoms with Crippen molar-refractivity contribution in [2.24, 2.45) is 4.99 Å². The Morgan fingerprint density at radius 1 is 0.938 bits per heavy atom. The van der Waals surface area contributed by atoms with Crippen LogP contribution in [-0.2, 0) is 13.1 Å². The summed E-state index contributed by atoms with van der Waals surface area (Å²) in [4.78, 5) is 9.46. The van der Waals surface area contributed by atoms with E-state index in [9.17, 15) is 0 Å². The second-order valence-electron chi connectivity index (χ2n) is 8.88. The zero-order valence-electron chi connectivity index (χ0n) is 19.5. The van der Waals surface area contributed by atoms with Crippen molar-refractivity contribution < 1.29 is 0 Å². The molecule has 1 atom stereocenters. The van der Waals surface area contributed by atoms with E-state index in [1.54, 1.807) is 0 Å². The summed E-state index contributed by atoms with van der Waals surface area (Å²) in [6.45, 7) is 8.86. The van der Waals surface area contributed by atoms with Crippen molar-refractivity contribution in [1.82, 2.24) is 15.5 Å². The predicted octanol–water partition coefficient (Wildman–Crippen LogP) is 4.93. The minimum Gasteiger partial charge on any atom is -0.372 e. The molecule has 0 spiro atoms. The fourth-order valence-corrected chi connectivity index (χ4v) is 4.60. The van der Waals surface area contributed by atoms with Crippen molar-refractivity contribution >= 4 is 35.6 Å². The van der Waals surface area contributed by atoms with Gasteiger partial charge in [0.25, 0.3) is 0 Å². The monoisotopic (exact) mass is 547 g/mol. The standard InChI is InChI=1S/C26H37N5.HI/c1-21(24-8-7-9-25(18-24)31-16-5-6-17-31)29-26(27-2)28-19-22-10-12-23(13-11-22)20-30-14-3-4-15-30;/h7-13,18,21H,3-6,14-17,19-20H2,1-2H3,(H2,27,28,29);1H. The van der Waals surface area contributed by atoms with Gasteiger partial charge in [-0.15, -0.1) is 24.0 Å². The summed E-state index contributed by atoms with van der Waals surface area (Å²) in [6, 6.07) is 18.1. The van der Waals surface area contributed by atoms with Crippen LogP contribution in [0.3, 0.4) is 0 Å². The molecule has 0 amide bonds. The number of benzene rings is 2. The average Bonchev–Trinajstić information content (AvgIpc) is 3.52. The number of rotatable bonds is 7. The molecular formula is C26H38IN5. The zero-order chi connectivity index (χ0) is 21.5. The first-order chi connectivity index (χ1) is 15.2. The number of nitrogens with zero attached hydrogens (tertiary/aromatic N) is 3. The van der Waals surface area contributed by atoms with Crippen LogP contribution < -0.4 is 15.5 Å². The number of hydrogen-bond donors (Lipinski definition) is 2. The van der Waals surface area contributed by atoms with Gasteiger partial charge in [-0.25, -0.2) is 0 Å². The van der Waals surface area contributed by atoms with Crippen LogP contribution in [0.1, 0.15) is 55.3 Å². The molecule has 174 valence electrons. The minimum atomic E-state index is 0. The maximum atomic E-state index is 4.43. The Kier molecular flexibility index (Phi) is 9.66. The largest absolute Gasteiger partial charge is 0.372 e. The number of aliphatic imine (C=N–C) groups is 1. The summed E-state index contributed by atoms with van der Waals surface area (Å²) in [6.07, 6.45) is 5.28. The van der Waals surface area contributed by atoms with Crippen LogP contribution in [0.4, 0.5) is 5.69 Å². The van der Waals surface area contributed by atoms with E-state index in [0.717, 1.165) is 19.0 Å². The van der Waals surface area contributed by atoms with Gasteiger partial charge in [0.2, 0.25) is 0 Å². The van der Waals surface area contributed by atoms with Gasteiger partial charge in [0.1, 0.15) is 0 Å². The molecule has 2 N–H and O–H groups in total. The normalized spacial score (nSPS) is 17.8. The molecule has 5 nitrogen and oxygen atoms in total. The summed E-state index contributed by atoms with van der Waals surface area (Å²) < 4.78 is 0. The van der Waals surface area contributed by atoms with Crippen LogP contribution in [0.25, 0.3) is 0 Å². The molecule has 32 heavy (non-hydrogen) atoms. The first-order valence-corrected chi connectivity index (χ1v) is 11.8. The van der Waals surface area contributed by atoms with Crippen LogP contribution in [-0.4, -0.2) is 44.1 Å². The zero-order valence-corrected chi connectivity index (χ0v) is 21.8. The van der Waals surface area contributed by atoms with E-state index >= 15 is 0 Å². The first-order valence-electron chi connectivity index (χ1n) is 11.8. The summed E-state index contributed by atoms with van der Waals surface area (Å²) in [7, 11) is 1.84. The van der Waals surface area contributed by atoms with E-state index in [2.05, 4.69) is 80.9 Å². The van der Waals surface area contributed by atoms with Gasteiger partial charge < -0.3 is 15.5 Å². The SMILES string of the molecule is CN=C(NCc1ccc(CN2CCCC2)cc1)NC(C)c1cccc(N2CCCC2)c1.I. The third-order valence-corrected chi connectivity index (χ3v) is 6.51. The van der Waals surface area contributed by atoms with Gasteiger partial charge in [-0.2, -0.15) is 0 Å². The highest BCUT2D eigenvalue weighted by molar-refractivity contribution is 14.0. The van der Waals surface area contributed by atoms with Crippen molar-refractivity contribution in [1.29, 1.82) is 0 Å². The van der Waals surface area contributed by atoms with Gasteiger partial charge in [-0.3, -0.25) is 9.89 Å². The molecule has 2 fully saturated rings. The van der Waals surface area contributed by atoms with Gasteiger partial charge >= 0.3 is 0 Å². The number of nitrogens with one attached hydrogen (secondary N) is 2. The van der Waals surface area contributed by atoms with E-state index in [0.29, 0.717) is 0 Å². The van der Waals surface area contributed by atoms with Crippen LogP contribution in [0.2, 0.25) is 0 Å². The lowest BCUT2D eigenvalue weighted by molar-refractivity contribution is 0.331. The van der Waals surface area contributed by atoms with Crippen LogP contribution in [0, 0.1) is 0 Å². The molecule has 2 heterocycles. The lowest BCUT2D eigenvalue weighted by atomic mass is 10.1. The summed E-state index contributed by atoms with van der Waals surface area (Å²) >= 11 is 0. The number of halogens is 1. The van der Waals surface area contributed by atoms with Crippen LogP contribution in [0.15, 0.2) is 53.5 Å². The van der Waals surface area contributed by atoms with Crippen molar-refractivity contribution in [2.75, 3.05) is 38.1 Å². The smallest absolute Gasteiger partial charge is 0.191 e. The molecule has 6 heteroatoms. The van der Waals surface area contributed by atoms with Gasteiger partial charge in [-0.1, -0.05) is 36.4 Å². The molecule has 0 saturated carbocycles. The molecule has 0 bridgehead atoms. The highest BCUT2D eigenvalue weighted by atomic mass is 127. The van der Waals surface area contributed by atoms with Crippen LogP contribution >= 0.6 is 24.0 Å². The van der Waals surface area contributed by atoms with Gasteiger partial charge in [0.15, 0.2) is 5.96 Å². The summed E-state index contributed by atoms with van der Waals surface area (Å²) in [5.74, 6) is 0.834. The molecule has 2 aliphatic heterocycles. The van der Waals surface area contributed by atoms with E-state index in [-0.39, 0.29) is 30.0 Å². The maximum absolute atomic E-state index is 4.43. The molecule has 2 aromatic rings. The minimum absolute atomic E-state index is 0. The number of hydrogen-bond acceptors (Lipinski definition) is 3. The Bertz CT molecular complexity index is 855. The Hall–Kier alpha value is -1.80. The Morgan fingerprint density at radius 2 is 1.59 bits per heavy atom. The molecular weight excluding hydrogens is 509 g/mol. The van der Waals surface area contributed by atoms with Gasteiger partial charge in [0, 0.05) is 38.9 Å². The fourth-order valence-electron chi connectivity index (χ4n) is 4.60. The second kappa shape index (κ2) is 12.4. The molecule has 0 aromatic heterocycles. The second-order valence-corrected chi connectivity index (χ2v) is 8.88. The maximum Gasteiger partial charge on any atom is 0.191 e. The van der Waals surface area contributed by atoms with E-state index in [4.69, 9.17) is 0 Å². The Morgan fingerprint density at radius 3 is 2.28 bits per heavy atom. The van der Waals surface area contributed by atoms with Crippen LogP contribution in [0.5, 0.6) is 0 Å². The van der Waals surface area contributed by atoms with Crippen molar-refractivity contribution in [3.63, 3.8) is 0 Å². The van der Waals surface area contributed by atoms with Crippen molar-refractivity contribution in [3.8, 4) is 0 Å². The summed E-state index contributed by atoms with van der Waals surface area (Å²) in [5, 5.41) is 7.01.